The van der Waals surface area contributed by atoms with Gasteiger partial charge in [0.05, 0.1) is 5.54 Å². The average molecular weight is 393 g/mol. The van der Waals surface area contributed by atoms with E-state index in [9.17, 15) is 8.78 Å². The molecule has 1 aromatic heterocycles. The predicted molar refractivity (Wildman–Crippen MR) is 109 cm³/mol. The number of rotatable bonds is 1. The molecule has 3 nitrogen and oxygen atoms in total. The van der Waals surface area contributed by atoms with Crippen molar-refractivity contribution in [3.8, 4) is 16.9 Å². The van der Waals surface area contributed by atoms with Crippen LogP contribution in [0, 0.1) is 18.6 Å². The van der Waals surface area contributed by atoms with Crippen molar-refractivity contribution in [2.45, 2.75) is 39.3 Å². The lowest BCUT2D eigenvalue weighted by Gasteiger charge is -2.36. The molecule has 0 spiro atoms. The third-order valence-corrected chi connectivity index (χ3v) is 5.49. The van der Waals surface area contributed by atoms with Crippen LogP contribution in [-0.4, -0.2) is 5.54 Å². The maximum atomic E-state index is 14.6. The molecule has 0 bridgehead atoms. The Bertz CT molecular complexity index is 1190. The summed E-state index contributed by atoms with van der Waals surface area (Å²) >= 11 is 0. The highest BCUT2D eigenvalue weighted by Gasteiger charge is 2.37. The third-order valence-electron chi connectivity index (χ3n) is 5.49. The summed E-state index contributed by atoms with van der Waals surface area (Å²) in [6.07, 6.45) is 1.52. The van der Waals surface area contributed by atoms with Gasteiger partial charge < -0.3 is 14.5 Å². The van der Waals surface area contributed by atoms with Gasteiger partial charge in [0, 0.05) is 28.4 Å². The molecule has 0 saturated carbocycles. The zero-order chi connectivity index (χ0) is 20.5. The minimum absolute atomic E-state index is 0.0450. The average Bonchev–Trinajstić information content (AvgIpc) is 3.05. The van der Waals surface area contributed by atoms with Crippen LogP contribution in [0.25, 0.3) is 16.7 Å². The summed E-state index contributed by atoms with van der Waals surface area (Å²) in [6, 6.07) is 9.74. The molecule has 2 aliphatic heterocycles. The molecular formula is C24H21F2NO2. The molecule has 148 valence electrons. The van der Waals surface area contributed by atoms with Gasteiger partial charge in [-0.15, -0.1) is 0 Å². The number of allylic oxidation sites excluding steroid dienone is 1. The molecule has 1 N–H and O–H groups in total. The van der Waals surface area contributed by atoms with Crippen LogP contribution in [0.3, 0.4) is 0 Å². The van der Waals surface area contributed by atoms with Crippen LogP contribution in [-0.2, 0) is 0 Å². The molecule has 0 aliphatic carbocycles. The Morgan fingerprint density at radius 2 is 1.79 bits per heavy atom. The number of ether oxygens (including phenoxy) is 1. The highest BCUT2D eigenvalue weighted by Crippen LogP contribution is 2.51. The number of hydrogen-bond acceptors (Lipinski definition) is 3. The molecule has 1 atom stereocenters. The van der Waals surface area contributed by atoms with E-state index in [1.54, 1.807) is 0 Å². The van der Waals surface area contributed by atoms with E-state index < -0.39 is 17.7 Å². The summed E-state index contributed by atoms with van der Waals surface area (Å²) in [4.78, 5) is 0. The molecule has 3 aromatic rings. The van der Waals surface area contributed by atoms with E-state index in [4.69, 9.17) is 9.15 Å². The van der Waals surface area contributed by atoms with Crippen LogP contribution in [0.2, 0.25) is 0 Å². The normalized spacial score (nSPS) is 18.7. The van der Waals surface area contributed by atoms with Crippen molar-refractivity contribution in [3.63, 3.8) is 0 Å². The Morgan fingerprint density at radius 3 is 2.52 bits per heavy atom. The number of anilines is 1. The van der Waals surface area contributed by atoms with E-state index in [-0.39, 0.29) is 11.3 Å². The first-order chi connectivity index (χ1) is 13.7. The van der Waals surface area contributed by atoms with E-state index in [1.165, 1.54) is 6.07 Å². The van der Waals surface area contributed by atoms with E-state index in [0.717, 1.165) is 39.8 Å². The predicted octanol–water partition coefficient (Wildman–Crippen LogP) is 6.62. The standard InChI is InChI=1S/C24H21F2NO2/c1-12-11-24(3,4)27-18-7-6-15-16-9-14(25)10-17(26)22(16)29-23(21(15)20(12)18)19-8-5-13(2)28-19/h5-11,23,27H,1-4H3. The summed E-state index contributed by atoms with van der Waals surface area (Å²) in [7, 11) is 0. The van der Waals surface area contributed by atoms with Gasteiger partial charge in [-0.2, -0.15) is 0 Å². The molecule has 29 heavy (non-hydrogen) atoms. The molecule has 0 amide bonds. The van der Waals surface area contributed by atoms with Gasteiger partial charge in [-0.1, -0.05) is 12.1 Å². The number of aryl methyl sites for hydroxylation is 1. The Hall–Kier alpha value is -3.08. The monoisotopic (exact) mass is 393 g/mol. The molecule has 2 aliphatic rings. The van der Waals surface area contributed by atoms with Gasteiger partial charge in [0.1, 0.15) is 17.3 Å². The largest absolute Gasteiger partial charge is 0.474 e. The molecule has 0 radical (unpaired) electrons. The fourth-order valence-electron chi connectivity index (χ4n) is 4.50. The highest BCUT2D eigenvalue weighted by molar-refractivity contribution is 5.90. The van der Waals surface area contributed by atoms with Gasteiger partial charge >= 0.3 is 0 Å². The molecule has 3 heterocycles. The first-order valence-electron chi connectivity index (χ1n) is 9.61. The quantitative estimate of drug-likeness (QED) is 0.504. The van der Waals surface area contributed by atoms with Gasteiger partial charge in [0.2, 0.25) is 0 Å². The lowest BCUT2D eigenvalue weighted by atomic mass is 9.81. The summed E-state index contributed by atoms with van der Waals surface area (Å²) in [5.41, 5.74) is 4.84. The smallest absolute Gasteiger partial charge is 0.182 e. The van der Waals surface area contributed by atoms with Gasteiger partial charge in [-0.05, 0) is 63.1 Å². The molecular weight excluding hydrogens is 372 g/mol. The number of benzene rings is 2. The van der Waals surface area contributed by atoms with E-state index in [1.807, 2.05) is 38.1 Å². The molecule has 0 saturated heterocycles. The zero-order valence-electron chi connectivity index (χ0n) is 16.7. The first kappa shape index (κ1) is 18.0. The van der Waals surface area contributed by atoms with Crippen molar-refractivity contribution in [3.05, 3.63) is 76.8 Å². The van der Waals surface area contributed by atoms with Crippen molar-refractivity contribution in [2.24, 2.45) is 0 Å². The maximum absolute atomic E-state index is 14.6. The van der Waals surface area contributed by atoms with Crippen molar-refractivity contribution in [2.75, 3.05) is 5.32 Å². The second kappa shape index (κ2) is 5.96. The SMILES string of the molecule is CC1=CC(C)(C)Nc2ccc3c(c21)C(c1ccc(C)o1)Oc1c(F)cc(F)cc1-3. The second-order valence-corrected chi connectivity index (χ2v) is 8.33. The first-order valence-corrected chi connectivity index (χ1v) is 9.61. The molecule has 0 fully saturated rings. The molecule has 5 heteroatoms. The summed E-state index contributed by atoms with van der Waals surface area (Å²) in [5.74, 6) is 0.0233. The number of hydrogen-bond donors (Lipinski definition) is 1. The number of furan rings is 1. The van der Waals surface area contributed by atoms with Gasteiger partial charge in [-0.3, -0.25) is 0 Å². The minimum Gasteiger partial charge on any atom is -0.474 e. The van der Waals surface area contributed by atoms with Crippen LogP contribution in [0.4, 0.5) is 14.5 Å². The van der Waals surface area contributed by atoms with Gasteiger partial charge in [0.15, 0.2) is 17.7 Å². The number of nitrogens with one attached hydrogen (secondary N) is 1. The Labute approximate surface area is 168 Å². The summed E-state index contributed by atoms with van der Waals surface area (Å²) in [6.45, 7) is 8.10. The summed E-state index contributed by atoms with van der Waals surface area (Å²) < 4.78 is 40.7. The molecule has 2 aromatic carbocycles. The van der Waals surface area contributed by atoms with Crippen molar-refractivity contribution >= 4 is 11.3 Å². The van der Waals surface area contributed by atoms with E-state index in [0.29, 0.717) is 11.3 Å². The highest BCUT2D eigenvalue weighted by atomic mass is 19.1. The van der Waals surface area contributed by atoms with E-state index >= 15 is 0 Å². The van der Waals surface area contributed by atoms with Crippen molar-refractivity contribution in [1.82, 2.24) is 0 Å². The second-order valence-electron chi connectivity index (χ2n) is 8.33. The maximum Gasteiger partial charge on any atom is 0.182 e. The van der Waals surface area contributed by atoms with Crippen LogP contribution in [0.15, 0.2) is 46.9 Å². The fourth-order valence-corrected chi connectivity index (χ4v) is 4.50. The lowest BCUT2D eigenvalue weighted by Crippen LogP contribution is -2.32. The van der Waals surface area contributed by atoms with Gasteiger partial charge in [0.25, 0.3) is 0 Å². The molecule has 5 rings (SSSR count). The lowest BCUT2D eigenvalue weighted by molar-refractivity contribution is 0.200. The Kier molecular flexibility index (Phi) is 3.69. The van der Waals surface area contributed by atoms with Crippen molar-refractivity contribution in [1.29, 1.82) is 0 Å². The summed E-state index contributed by atoms with van der Waals surface area (Å²) in [5, 5.41) is 3.53. The number of halogens is 2. The van der Waals surface area contributed by atoms with E-state index in [2.05, 4.69) is 25.2 Å². The minimum atomic E-state index is -0.719. The zero-order valence-corrected chi connectivity index (χ0v) is 16.7. The van der Waals surface area contributed by atoms with Crippen molar-refractivity contribution < 1.29 is 17.9 Å². The Balaban J connectivity index is 1.84. The van der Waals surface area contributed by atoms with Crippen LogP contribution in [0.1, 0.15) is 49.5 Å². The molecule has 1 unspecified atom stereocenters. The third kappa shape index (κ3) is 2.76. The Morgan fingerprint density at radius 1 is 1.00 bits per heavy atom. The fraction of sp³-hybridized carbons (Fsp3) is 0.250. The van der Waals surface area contributed by atoms with Crippen LogP contribution in [0.5, 0.6) is 5.75 Å². The van der Waals surface area contributed by atoms with Crippen LogP contribution < -0.4 is 10.1 Å². The van der Waals surface area contributed by atoms with Gasteiger partial charge in [-0.25, -0.2) is 8.78 Å². The van der Waals surface area contributed by atoms with Crippen LogP contribution >= 0.6 is 0 Å². The topological polar surface area (TPSA) is 34.4 Å². The number of fused-ring (bicyclic) bond motifs is 5.